The maximum Gasteiger partial charge on any atom is 0.279 e. The normalized spacial score (nSPS) is 28.9. The van der Waals surface area contributed by atoms with Crippen molar-refractivity contribution in [2.24, 2.45) is 11.8 Å². The molecule has 0 spiro atoms. The first kappa shape index (κ1) is 17.2. The summed E-state index contributed by atoms with van der Waals surface area (Å²) in [6.45, 7) is 5.87. The van der Waals surface area contributed by atoms with Crippen LogP contribution in [-0.4, -0.2) is 31.9 Å². The summed E-state index contributed by atoms with van der Waals surface area (Å²) in [5.41, 5.74) is 0. The Hall–Kier alpha value is -0.130. The molecule has 1 N–H and O–H groups in total. The van der Waals surface area contributed by atoms with Gasteiger partial charge in [0.15, 0.2) is 0 Å². The molecule has 5 heteroatoms. The lowest BCUT2D eigenvalue weighted by Gasteiger charge is -2.26. The number of rotatable bonds is 6. The fourth-order valence-electron chi connectivity index (χ4n) is 3.63. The van der Waals surface area contributed by atoms with Gasteiger partial charge in [-0.1, -0.05) is 39.5 Å². The molecular weight excluding hydrogens is 284 g/mol. The van der Waals surface area contributed by atoms with Crippen molar-refractivity contribution < 1.29 is 8.42 Å². The van der Waals surface area contributed by atoms with E-state index in [2.05, 4.69) is 18.6 Å². The van der Waals surface area contributed by atoms with Crippen molar-refractivity contribution in [1.82, 2.24) is 9.03 Å². The van der Waals surface area contributed by atoms with Gasteiger partial charge in [-0.05, 0) is 43.9 Å². The maximum atomic E-state index is 12.6. The van der Waals surface area contributed by atoms with Crippen LogP contribution in [-0.2, 0) is 10.2 Å². The third-order valence-corrected chi connectivity index (χ3v) is 6.62. The summed E-state index contributed by atoms with van der Waals surface area (Å²) >= 11 is 0. The Bertz CT molecular complexity index is 401. The van der Waals surface area contributed by atoms with Crippen molar-refractivity contribution in [3.05, 3.63) is 0 Å². The molecule has 2 atom stereocenters. The van der Waals surface area contributed by atoms with Gasteiger partial charge in [0.05, 0.1) is 0 Å². The Morgan fingerprint density at radius 1 is 1.05 bits per heavy atom. The highest BCUT2D eigenvalue weighted by atomic mass is 32.2. The zero-order chi connectivity index (χ0) is 15.3. The van der Waals surface area contributed by atoms with E-state index in [0.717, 1.165) is 44.9 Å². The van der Waals surface area contributed by atoms with Crippen LogP contribution in [0.5, 0.6) is 0 Å². The van der Waals surface area contributed by atoms with Gasteiger partial charge in [0.2, 0.25) is 0 Å². The molecular formula is C16H32N2O2S. The van der Waals surface area contributed by atoms with E-state index in [1.54, 1.807) is 4.31 Å². The molecule has 1 aliphatic carbocycles. The molecule has 21 heavy (non-hydrogen) atoms. The molecule has 0 aromatic carbocycles. The monoisotopic (exact) mass is 316 g/mol. The Balaban J connectivity index is 1.91. The van der Waals surface area contributed by atoms with Crippen LogP contribution < -0.4 is 4.72 Å². The van der Waals surface area contributed by atoms with Crippen LogP contribution in [0.1, 0.15) is 71.6 Å². The molecule has 0 bridgehead atoms. The van der Waals surface area contributed by atoms with Crippen molar-refractivity contribution in [1.29, 1.82) is 0 Å². The first-order chi connectivity index (χ1) is 9.99. The number of hydrogen-bond acceptors (Lipinski definition) is 2. The molecule has 0 aromatic heterocycles. The highest BCUT2D eigenvalue weighted by Gasteiger charge is 2.33. The second-order valence-electron chi connectivity index (χ2n) is 7.20. The highest BCUT2D eigenvalue weighted by Crippen LogP contribution is 2.31. The summed E-state index contributed by atoms with van der Waals surface area (Å²) in [4.78, 5) is 0. The zero-order valence-electron chi connectivity index (χ0n) is 13.7. The molecule has 2 rings (SSSR count). The first-order valence-electron chi connectivity index (χ1n) is 8.76. The molecule has 1 saturated carbocycles. The van der Waals surface area contributed by atoms with E-state index in [1.807, 2.05) is 0 Å². The Morgan fingerprint density at radius 3 is 2.33 bits per heavy atom. The van der Waals surface area contributed by atoms with E-state index in [0.29, 0.717) is 24.9 Å². The van der Waals surface area contributed by atoms with Crippen LogP contribution in [0.4, 0.5) is 0 Å². The zero-order valence-corrected chi connectivity index (χ0v) is 14.5. The second kappa shape index (κ2) is 7.93. The van der Waals surface area contributed by atoms with E-state index in [1.165, 1.54) is 12.8 Å². The van der Waals surface area contributed by atoms with Crippen LogP contribution in [0.2, 0.25) is 0 Å². The lowest BCUT2D eigenvalue weighted by molar-refractivity contribution is 0.361. The average molecular weight is 317 g/mol. The minimum Gasteiger partial charge on any atom is -0.199 e. The molecule has 0 aromatic rings. The highest BCUT2D eigenvalue weighted by molar-refractivity contribution is 7.87. The van der Waals surface area contributed by atoms with E-state index < -0.39 is 10.2 Å². The lowest BCUT2D eigenvalue weighted by Crippen LogP contribution is -2.46. The number of nitrogens with zero attached hydrogens (tertiary/aromatic N) is 1. The summed E-state index contributed by atoms with van der Waals surface area (Å²) in [5, 5.41) is 0. The standard InChI is InChI=1S/C16H32N2O2S/c1-14(2)10-11-15-8-7-9-16(15)17-21(19,20)18-12-5-3-4-6-13-18/h14-17H,3-13H2,1-2H3/t15-,16-/m1/s1. The number of hydrogen-bond donors (Lipinski definition) is 1. The van der Waals surface area contributed by atoms with Gasteiger partial charge in [0.1, 0.15) is 0 Å². The van der Waals surface area contributed by atoms with Crippen LogP contribution in [0, 0.1) is 11.8 Å². The van der Waals surface area contributed by atoms with E-state index in [4.69, 9.17) is 0 Å². The molecule has 4 nitrogen and oxygen atoms in total. The van der Waals surface area contributed by atoms with Gasteiger partial charge in [-0.15, -0.1) is 0 Å². The van der Waals surface area contributed by atoms with E-state index in [9.17, 15) is 8.42 Å². The van der Waals surface area contributed by atoms with Crippen LogP contribution in [0.3, 0.4) is 0 Å². The van der Waals surface area contributed by atoms with Crippen molar-refractivity contribution in [3.63, 3.8) is 0 Å². The molecule has 0 radical (unpaired) electrons. The Morgan fingerprint density at radius 2 is 1.71 bits per heavy atom. The van der Waals surface area contributed by atoms with E-state index in [-0.39, 0.29) is 6.04 Å². The molecule has 1 aliphatic heterocycles. The van der Waals surface area contributed by atoms with Gasteiger partial charge >= 0.3 is 0 Å². The second-order valence-corrected chi connectivity index (χ2v) is 8.91. The molecule has 1 saturated heterocycles. The minimum absolute atomic E-state index is 0.164. The van der Waals surface area contributed by atoms with Gasteiger partial charge in [0.25, 0.3) is 10.2 Å². The summed E-state index contributed by atoms with van der Waals surface area (Å²) in [7, 11) is -3.28. The smallest absolute Gasteiger partial charge is 0.199 e. The summed E-state index contributed by atoms with van der Waals surface area (Å²) < 4.78 is 29.9. The fourth-order valence-corrected chi connectivity index (χ4v) is 5.21. The Kier molecular flexibility index (Phi) is 6.51. The predicted molar refractivity (Wildman–Crippen MR) is 87.3 cm³/mol. The Labute approximate surface area is 130 Å². The third-order valence-electron chi connectivity index (χ3n) is 4.98. The topological polar surface area (TPSA) is 49.4 Å². The van der Waals surface area contributed by atoms with Crippen molar-refractivity contribution in [2.75, 3.05) is 13.1 Å². The molecule has 2 fully saturated rings. The molecule has 0 unspecified atom stereocenters. The maximum absolute atomic E-state index is 12.6. The van der Waals surface area contributed by atoms with Crippen molar-refractivity contribution in [3.8, 4) is 0 Å². The van der Waals surface area contributed by atoms with Gasteiger partial charge < -0.3 is 0 Å². The average Bonchev–Trinajstić information content (AvgIpc) is 2.67. The molecule has 0 amide bonds. The molecule has 124 valence electrons. The largest absolute Gasteiger partial charge is 0.279 e. The lowest BCUT2D eigenvalue weighted by atomic mass is 9.94. The van der Waals surface area contributed by atoms with Gasteiger partial charge in [0, 0.05) is 19.1 Å². The quantitative estimate of drug-likeness (QED) is 0.817. The van der Waals surface area contributed by atoms with Gasteiger partial charge in [-0.3, -0.25) is 0 Å². The summed E-state index contributed by atoms with van der Waals surface area (Å²) in [6, 6.07) is 0.164. The van der Waals surface area contributed by atoms with Gasteiger partial charge in [-0.2, -0.15) is 17.4 Å². The number of nitrogens with one attached hydrogen (secondary N) is 1. The first-order valence-corrected chi connectivity index (χ1v) is 10.2. The predicted octanol–water partition coefficient (Wildman–Crippen LogP) is 3.30. The van der Waals surface area contributed by atoms with Gasteiger partial charge in [-0.25, -0.2) is 0 Å². The summed E-state index contributed by atoms with van der Waals surface area (Å²) in [5.74, 6) is 1.24. The van der Waals surface area contributed by atoms with E-state index >= 15 is 0 Å². The third kappa shape index (κ3) is 5.22. The molecule has 2 aliphatic rings. The van der Waals surface area contributed by atoms with Crippen molar-refractivity contribution in [2.45, 2.75) is 77.7 Å². The van der Waals surface area contributed by atoms with Crippen LogP contribution >= 0.6 is 0 Å². The van der Waals surface area contributed by atoms with Crippen LogP contribution in [0.25, 0.3) is 0 Å². The van der Waals surface area contributed by atoms with Crippen molar-refractivity contribution >= 4 is 10.2 Å². The van der Waals surface area contributed by atoms with Crippen LogP contribution in [0.15, 0.2) is 0 Å². The minimum atomic E-state index is -3.28. The SMILES string of the molecule is CC(C)CC[C@H]1CCC[C@H]1NS(=O)(=O)N1CCCCCC1. The molecule has 1 heterocycles. The fraction of sp³-hybridized carbons (Fsp3) is 1.00. The summed E-state index contributed by atoms with van der Waals surface area (Å²) in [6.07, 6.45) is 10.0.